The highest BCUT2D eigenvalue weighted by molar-refractivity contribution is 5.74. The third-order valence-electron chi connectivity index (χ3n) is 5.81. The Morgan fingerprint density at radius 3 is 1.97 bits per heavy atom. The van der Waals surface area contributed by atoms with Crippen molar-refractivity contribution in [3.63, 3.8) is 0 Å². The summed E-state index contributed by atoms with van der Waals surface area (Å²) in [4.78, 5) is 12.3. The Morgan fingerprint density at radius 1 is 0.939 bits per heavy atom. The summed E-state index contributed by atoms with van der Waals surface area (Å²) in [5.41, 5.74) is -2.61. The molecule has 1 aliphatic rings. The van der Waals surface area contributed by atoms with Crippen molar-refractivity contribution in [2.45, 2.75) is 50.2 Å². The molecule has 4 atom stereocenters. The normalized spacial score (nSPS) is 22.3. The van der Waals surface area contributed by atoms with Crippen LogP contribution < -0.4 is 0 Å². The van der Waals surface area contributed by atoms with Gasteiger partial charge in [-0.2, -0.15) is 26.3 Å². The SMILES string of the molecule is COC(=O)[C@@H]1CC[C@H](O[C@H](C)c2cc(C(F)(F)F)cc(C(F)(F)F)c2)[C@H]1c1ccc(F)cc1. The van der Waals surface area contributed by atoms with Crippen LogP contribution in [0, 0.1) is 11.7 Å². The zero-order valence-electron chi connectivity index (χ0n) is 17.6. The van der Waals surface area contributed by atoms with E-state index in [0.717, 1.165) is 0 Å². The third-order valence-corrected chi connectivity index (χ3v) is 5.81. The van der Waals surface area contributed by atoms with Crippen LogP contribution in [-0.4, -0.2) is 19.2 Å². The number of methoxy groups -OCH3 is 1. The smallest absolute Gasteiger partial charge is 0.416 e. The summed E-state index contributed by atoms with van der Waals surface area (Å²) in [5, 5.41) is 0. The number of rotatable bonds is 5. The van der Waals surface area contributed by atoms with Gasteiger partial charge in [-0.1, -0.05) is 12.1 Å². The standard InChI is InChI=1S/C23H21F7O3/c1-12(14-9-15(22(25,26)27)11-16(10-14)23(28,29)30)33-19-8-7-18(21(31)32-2)20(19)13-3-5-17(24)6-4-13/h3-6,9-12,18-20H,7-8H2,1-2H3/t12-,18-,19+,20+/m1/s1. The molecule has 0 saturated heterocycles. The minimum absolute atomic E-state index is 0.0559. The molecule has 2 aromatic carbocycles. The average Bonchev–Trinajstić information content (AvgIpc) is 3.15. The van der Waals surface area contributed by atoms with Crippen molar-refractivity contribution in [2.24, 2.45) is 5.92 Å². The largest absolute Gasteiger partial charge is 0.469 e. The summed E-state index contributed by atoms with van der Waals surface area (Å²) in [5.74, 6) is -2.28. The first kappa shape index (κ1) is 25.0. The molecule has 0 bridgehead atoms. The Kier molecular flexibility index (Phi) is 7.07. The van der Waals surface area contributed by atoms with Crippen LogP contribution in [0.3, 0.4) is 0 Å². The summed E-state index contributed by atoms with van der Waals surface area (Å²) in [6.45, 7) is 1.35. The second-order valence-electron chi connectivity index (χ2n) is 7.94. The summed E-state index contributed by atoms with van der Waals surface area (Å²) < 4.78 is 103. The van der Waals surface area contributed by atoms with Crippen LogP contribution in [0.4, 0.5) is 30.7 Å². The maximum Gasteiger partial charge on any atom is 0.416 e. The van der Waals surface area contributed by atoms with Crippen LogP contribution in [0.5, 0.6) is 0 Å². The average molecular weight is 478 g/mol. The molecular weight excluding hydrogens is 457 g/mol. The van der Waals surface area contributed by atoms with Crippen LogP contribution in [0.2, 0.25) is 0 Å². The van der Waals surface area contributed by atoms with Crippen molar-refractivity contribution in [3.8, 4) is 0 Å². The van der Waals surface area contributed by atoms with E-state index in [1.807, 2.05) is 0 Å². The lowest BCUT2D eigenvalue weighted by Gasteiger charge is -2.28. The van der Waals surface area contributed by atoms with E-state index < -0.39 is 59.3 Å². The molecular formula is C23H21F7O3. The molecule has 0 aromatic heterocycles. The molecule has 180 valence electrons. The van der Waals surface area contributed by atoms with E-state index >= 15 is 0 Å². The van der Waals surface area contributed by atoms with Crippen LogP contribution in [0.15, 0.2) is 42.5 Å². The molecule has 1 fully saturated rings. The van der Waals surface area contributed by atoms with Crippen molar-refractivity contribution in [3.05, 3.63) is 70.5 Å². The van der Waals surface area contributed by atoms with Gasteiger partial charge in [-0.15, -0.1) is 0 Å². The monoisotopic (exact) mass is 478 g/mol. The molecule has 2 aromatic rings. The van der Waals surface area contributed by atoms with Gasteiger partial charge in [-0.25, -0.2) is 4.39 Å². The number of hydrogen-bond acceptors (Lipinski definition) is 3. The van der Waals surface area contributed by atoms with Gasteiger partial charge in [0.15, 0.2) is 0 Å². The van der Waals surface area contributed by atoms with Crippen molar-refractivity contribution < 1.29 is 45.0 Å². The van der Waals surface area contributed by atoms with Gasteiger partial charge in [-0.05, 0) is 61.2 Å². The van der Waals surface area contributed by atoms with Gasteiger partial charge in [0.25, 0.3) is 0 Å². The molecule has 0 unspecified atom stereocenters. The van der Waals surface area contributed by atoms with E-state index in [-0.39, 0.29) is 11.6 Å². The van der Waals surface area contributed by atoms with Crippen LogP contribution >= 0.6 is 0 Å². The summed E-state index contributed by atoms with van der Waals surface area (Å²) in [7, 11) is 1.21. The Bertz CT molecular complexity index is 951. The van der Waals surface area contributed by atoms with Gasteiger partial charge in [-0.3, -0.25) is 4.79 Å². The molecule has 0 heterocycles. The Balaban J connectivity index is 1.94. The van der Waals surface area contributed by atoms with Crippen molar-refractivity contribution in [2.75, 3.05) is 7.11 Å². The predicted octanol–water partition coefficient (Wildman–Crippen LogP) is 6.68. The summed E-state index contributed by atoms with van der Waals surface area (Å²) in [6, 6.07) is 6.64. The minimum atomic E-state index is -4.98. The molecule has 0 N–H and O–H groups in total. The first-order valence-corrected chi connectivity index (χ1v) is 10.1. The van der Waals surface area contributed by atoms with Crippen molar-refractivity contribution in [1.29, 1.82) is 0 Å². The van der Waals surface area contributed by atoms with Gasteiger partial charge in [0, 0.05) is 5.92 Å². The maximum absolute atomic E-state index is 13.4. The van der Waals surface area contributed by atoms with Gasteiger partial charge < -0.3 is 9.47 Å². The zero-order valence-corrected chi connectivity index (χ0v) is 17.6. The fourth-order valence-corrected chi connectivity index (χ4v) is 4.22. The lowest BCUT2D eigenvalue weighted by atomic mass is 9.87. The maximum atomic E-state index is 13.4. The number of carbonyl (C=O) groups is 1. The first-order chi connectivity index (χ1) is 15.3. The fourth-order valence-electron chi connectivity index (χ4n) is 4.22. The second-order valence-corrected chi connectivity index (χ2v) is 7.94. The first-order valence-electron chi connectivity index (χ1n) is 10.1. The molecule has 33 heavy (non-hydrogen) atoms. The highest BCUT2D eigenvalue weighted by Gasteiger charge is 2.44. The van der Waals surface area contributed by atoms with Crippen LogP contribution in [0.1, 0.15) is 54.0 Å². The van der Waals surface area contributed by atoms with E-state index in [9.17, 15) is 35.5 Å². The second kappa shape index (κ2) is 9.32. The molecule has 0 amide bonds. The molecule has 1 aliphatic carbocycles. The zero-order chi connectivity index (χ0) is 24.6. The Morgan fingerprint density at radius 2 is 1.48 bits per heavy atom. The third kappa shape index (κ3) is 5.66. The van der Waals surface area contributed by atoms with E-state index in [1.165, 1.54) is 38.3 Å². The number of ether oxygens (including phenoxy) is 2. The lowest BCUT2D eigenvalue weighted by molar-refractivity contribution is -0.147. The van der Waals surface area contributed by atoms with Crippen molar-refractivity contribution >= 4 is 5.97 Å². The van der Waals surface area contributed by atoms with E-state index in [2.05, 4.69) is 0 Å². The highest BCUT2D eigenvalue weighted by atomic mass is 19.4. The lowest BCUT2D eigenvalue weighted by Crippen LogP contribution is -2.27. The number of carbonyl (C=O) groups excluding carboxylic acids is 1. The van der Waals surface area contributed by atoms with Gasteiger partial charge in [0.2, 0.25) is 0 Å². The van der Waals surface area contributed by atoms with E-state index in [0.29, 0.717) is 30.5 Å². The predicted molar refractivity (Wildman–Crippen MR) is 104 cm³/mol. The number of alkyl halides is 6. The number of hydrogen-bond donors (Lipinski definition) is 0. The van der Waals surface area contributed by atoms with Crippen LogP contribution in [-0.2, 0) is 26.6 Å². The van der Waals surface area contributed by atoms with Crippen LogP contribution in [0.25, 0.3) is 0 Å². The molecule has 1 saturated carbocycles. The van der Waals surface area contributed by atoms with E-state index in [1.54, 1.807) is 0 Å². The topological polar surface area (TPSA) is 35.5 Å². The Labute approximate surface area is 185 Å². The Hall–Kier alpha value is -2.62. The summed E-state index contributed by atoms with van der Waals surface area (Å²) >= 11 is 0. The highest BCUT2D eigenvalue weighted by Crippen LogP contribution is 2.45. The minimum Gasteiger partial charge on any atom is -0.469 e. The number of esters is 1. The van der Waals surface area contributed by atoms with E-state index in [4.69, 9.17) is 9.47 Å². The molecule has 10 heteroatoms. The van der Waals surface area contributed by atoms with Gasteiger partial charge in [0.05, 0.1) is 36.4 Å². The quantitative estimate of drug-likeness (QED) is 0.356. The number of halogens is 7. The summed E-state index contributed by atoms with van der Waals surface area (Å²) in [6.07, 6.45) is -11.2. The van der Waals surface area contributed by atoms with Gasteiger partial charge in [0.1, 0.15) is 5.82 Å². The molecule has 0 spiro atoms. The molecule has 3 nitrogen and oxygen atoms in total. The molecule has 3 rings (SSSR count). The van der Waals surface area contributed by atoms with Gasteiger partial charge >= 0.3 is 18.3 Å². The van der Waals surface area contributed by atoms with Crippen molar-refractivity contribution in [1.82, 2.24) is 0 Å². The molecule has 0 aliphatic heterocycles. The fraction of sp³-hybridized carbons (Fsp3) is 0.435. The molecule has 0 radical (unpaired) electrons. The number of benzene rings is 2.